The molecule has 196 valence electrons. The van der Waals surface area contributed by atoms with Gasteiger partial charge in [0.05, 0.1) is 25.7 Å². The topological polar surface area (TPSA) is 86.8 Å². The van der Waals surface area contributed by atoms with Gasteiger partial charge in [-0.25, -0.2) is 12.8 Å². The van der Waals surface area contributed by atoms with Crippen molar-refractivity contribution < 1.29 is 22.4 Å². The van der Waals surface area contributed by atoms with Crippen molar-refractivity contribution in [2.75, 3.05) is 17.9 Å². The molecule has 0 aliphatic carbocycles. The Morgan fingerprint density at radius 1 is 0.946 bits per heavy atom. The Labute approximate surface area is 229 Å². The summed E-state index contributed by atoms with van der Waals surface area (Å²) in [5.74, 6) is -1.90. The van der Waals surface area contributed by atoms with Gasteiger partial charge in [0.2, 0.25) is 11.8 Å². The largest absolute Gasteiger partial charge is 0.357 e. The second kappa shape index (κ2) is 12.1. The molecule has 0 saturated carbocycles. The van der Waals surface area contributed by atoms with Crippen molar-refractivity contribution in [1.29, 1.82) is 0 Å². The fourth-order valence-electron chi connectivity index (χ4n) is 3.51. The van der Waals surface area contributed by atoms with Crippen LogP contribution in [0, 0.1) is 5.82 Å². The summed E-state index contributed by atoms with van der Waals surface area (Å²) in [4.78, 5) is 27.3. The second-order valence-electron chi connectivity index (χ2n) is 7.98. The molecular formula is C25H23Cl3FN3O4S. The SMILES string of the molecule is CNC(=O)[C@@H](C)N(Cc1ccc(Cl)c(Cl)c1)C(=O)CN(c1ccc(F)c(Cl)c1)S(=O)(=O)c1ccccc1. The smallest absolute Gasteiger partial charge is 0.264 e. The lowest BCUT2D eigenvalue weighted by atomic mass is 10.1. The van der Waals surface area contributed by atoms with E-state index in [1.165, 1.54) is 49.2 Å². The third-order valence-electron chi connectivity index (χ3n) is 5.55. The van der Waals surface area contributed by atoms with Crippen LogP contribution in [0.4, 0.5) is 10.1 Å². The maximum absolute atomic E-state index is 13.9. The minimum Gasteiger partial charge on any atom is -0.357 e. The van der Waals surface area contributed by atoms with Gasteiger partial charge < -0.3 is 10.2 Å². The van der Waals surface area contributed by atoms with Crippen LogP contribution >= 0.6 is 34.8 Å². The van der Waals surface area contributed by atoms with E-state index >= 15 is 0 Å². The van der Waals surface area contributed by atoms with E-state index in [4.69, 9.17) is 34.8 Å². The van der Waals surface area contributed by atoms with Gasteiger partial charge in [-0.3, -0.25) is 13.9 Å². The van der Waals surface area contributed by atoms with Crippen LogP contribution in [0.2, 0.25) is 15.1 Å². The summed E-state index contributed by atoms with van der Waals surface area (Å²) >= 11 is 18.0. The van der Waals surface area contributed by atoms with Crippen LogP contribution in [0.1, 0.15) is 12.5 Å². The van der Waals surface area contributed by atoms with E-state index in [2.05, 4.69) is 5.32 Å². The van der Waals surface area contributed by atoms with Crippen LogP contribution < -0.4 is 9.62 Å². The summed E-state index contributed by atoms with van der Waals surface area (Å²) in [6, 6.07) is 14.6. The Morgan fingerprint density at radius 2 is 1.62 bits per heavy atom. The van der Waals surface area contributed by atoms with Crippen LogP contribution in [0.5, 0.6) is 0 Å². The number of hydrogen-bond donors (Lipinski definition) is 1. The number of nitrogens with zero attached hydrogens (tertiary/aromatic N) is 2. The van der Waals surface area contributed by atoms with Crippen LogP contribution in [0.15, 0.2) is 71.6 Å². The van der Waals surface area contributed by atoms with Crippen molar-refractivity contribution in [2.45, 2.75) is 24.4 Å². The van der Waals surface area contributed by atoms with Gasteiger partial charge in [-0.2, -0.15) is 0 Å². The normalized spacial score (nSPS) is 12.1. The average Bonchev–Trinajstić information content (AvgIpc) is 2.89. The highest BCUT2D eigenvalue weighted by Crippen LogP contribution is 2.29. The molecule has 0 aromatic heterocycles. The Morgan fingerprint density at radius 3 is 2.22 bits per heavy atom. The molecule has 3 aromatic rings. The van der Waals surface area contributed by atoms with Gasteiger partial charge in [-0.15, -0.1) is 0 Å². The Kier molecular flexibility index (Phi) is 9.41. The molecule has 2 amide bonds. The van der Waals surface area contributed by atoms with Gasteiger partial charge in [-0.1, -0.05) is 59.1 Å². The third-order valence-corrected chi connectivity index (χ3v) is 8.37. The summed E-state index contributed by atoms with van der Waals surface area (Å²) in [6.45, 7) is 0.759. The van der Waals surface area contributed by atoms with Crippen molar-refractivity contribution >= 4 is 62.3 Å². The van der Waals surface area contributed by atoms with Crippen molar-refractivity contribution in [3.63, 3.8) is 0 Å². The number of rotatable bonds is 9. The molecule has 0 aliphatic rings. The highest BCUT2D eigenvalue weighted by atomic mass is 35.5. The Bertz CT molecular complexity index is 1410. The zero-order chi connectivity index (χ0) is 27.3. The minimum absolute atomic E-state index is 0.0225. The Hall–Kier alpha value is -2.85. The molecule has 37 heavy (non-hydrogen) atoms. The van der Waals surface area contributed by atoms with Crippen molar-refractivity contribution in [3.8, 4) is 0 Å². The van der Waals surface area contributed by atoms with E-state index in [0.29, 0.717) is 10.6 Å². The molecule has 1 N–H and O–H groups in total. The maximum atomic E-state index is 13.9. The van der Waals surface area contributed by atoms with Crippen molar-refractivity contribution in [3.05, 3.63) is 93.2 Å². The zero-order valence-corrected chi connectivity index (χ0v) is 22.9. The van der Waals surface area contributed by atoms with Gasteiger partial charge in [0, 0.05) is 13.6 Å². The number of carbonyl (C=O) groups excluding carboxylic acids is 2. The number of hydrogen-bond acceptors (Lipinski definition) is 4. The molecule has 3 rings (SSSR count). The number of amides is 2. The van der Waals surface area contributed by atoms with E-state index in [1.54, 1.807) is 24.3 Å². The molecule has 0 spiro atoms. The molecule has 3 aromatic carbocycles. The first-order valence-electron chi connectivity index (χ1n) is 10.9. The fraction of sp³-hybridized carbons (Fsp3) is 0.200. The molecule has 0 unspecified atom stereocenters. The summed E-state index contributed by atoms with van der Waals surface area (Å²) in [5.41, 5.74) is 0.548. The zero-order valence-electron chi connectivity index (χ0n) is 19.8. The molecule has 7 nitrogen and oxygen atoms in total. The highest BCUT2D eigenvalue weighted by Gasteiger charge is 2.32. The number of anilines is 1. The number of carbonyl (C=O) groups is 2. The first-order chi connectivity index (χ1) is 17.4. The van der Waals surface area contributed by atoms with E-state index < -0.39 is 40.2 Å². The monoisotopic (exact) mass is 585 g/mol. The molecule has 0 bridgehead atoms. The van der Waals surface area contributed by atoms with Crippen LogP contribution in [0.25, 0.3) is 0 Å². The van der Waals surface area contributed by atoms with E-state index in [0.717, 1.165) is 16.4 Å². The fourth-order valence-corrected chi connectivity index (χ4v) is 5.44. The van der Waals surface area contributed by atoms with Gasteiger partial charge in [0.15, 0.2) is 0 Å². The standard InChI is InChI=1S/C25H23Cl3FN3O4S/c1-16(25(34)30-2)31(14-17-8-10-20(26)21(27)12-17)24(33)15-32(18-9-11-23(29)22(28)13-18)37(35,36)19-6-4-3-5-7-19/h3-13,16H,14-15H2,1-2H3,(H,30,34)/t16-/m1/s1. The first kappa shape index (κ1) is 28.7. The molecular weight excluding hydrogens is 564 g/mol. The molecule has 12 heteroatoms. The molecule has 0 heterocycles. The molecule has 0 fully saturated rings. The number of sulfonamides is 1. The summed E-state index contributed by atoms with van der Waals surface area (Å²) in [5, 5.41) is 2.75. The summed E-state index contributed by atoms with van der Waals surface area (Å²) < 4.78 is 41.9. The molecule has 0 saturated heterocycles. The van der Waals surface area contributed by atoms with Crippen LogP contribution in [-0.2, 0) is 26.2 Å². The lowest BCUT2D eigenvalue weighted by Gasteiger charge is -2.32. The first-order valence-corrected chi connectivity index (χ1v) is 13.5. The number of likely N-dealkylation sites (N-methyl/N-ethyl adjacent to an activating group) is 1. The Balaban J connectivity index is 2.05. The summed E-state index contributed by atoms with van der Waals surface area (Å²) in [6.07, 6.45) is 0. The molecule has 0 radical (unpaired) electrons. The highest BCUT2D eigenvalue weighted by molar-refractivity contribution is 7.92. The van der Waals surface area contributed by atoms with Gasteiger partial charge in [-0.05, 0) is 55.0 Å². The lowest BCUT2D eigenvalue weighted by molar-refractivity contribution is -0.139. The lowest BCUT2D eigenvalue weighted by Crippen LogP contribution is -2.50. The van der Waals surface area contributed by atoms with Crippen molar-refractivity contribution in [1.82, 2.24) is 10.2 Å². The average molecular weight is 587 g/mol. The van der Waals surface area contributed by atoms with E-state index in [9.17, 15) is 22.4 Å². The van der Waals surface area contributed by atoms with Crippen molar-refractivity contribution in [2.24, 2.45) is 0 Å². The van der Waals surface area contributed by atoms with Gasteiger partial charge >= 0.3 is 0 Å². The molecule has 0 aliphatic heterocycles. The van der Waals surface area contributed by atoms with E-state index in [1.807, 2.05) is 0 Å². The number of nitrogens with one attached hydrogen (secondary N) is 1. The predicted molar refractivity (Wildman–Crippen MR) is 143 cm³/mol. The minimum atomic E-state index is -4.28. The number of benzene rings is 3. The van der Waals surface area contributed by atoms with Gasteiger partial charge in [0.1, 0.15) is 18.4 Å². The van der Waals surface area contributed by atoms with Gasteiger partial charge in [0.25, 0.3) is 10.0 Å². The third kappa shape index (κ3) is 6.73. The van der Waals surface area contributed by atoms with E-state index in [-0.39, 0.29) is 27.2 Å². The quantitative estimate of drug-likeness (QED) is 0.376. The number of halogens is 4. The van der Waals surface area contributed by atoms with Crippen LogP contribution in [-0.4, -0.2) is 44.8 Å². The molecule has 1 atom stereocenters. The van der Waals surface area contributed by atoms with Crippen LogP contribution in [0.3, 0.4) is 0 Å². The predicted octanol–water partition coefficient (Wildman–Crippen LogP) is 5.14. The summed E-state index contributed by atoms with van der Waals surface area (Å²) in [7, 11) is -2.86. The maximum Gasteiger partial charge on any atom is 0.264 e. The second-order valence-corrected chi connectivity index (χ2v) is 11.1.